The lowest BCUT2D eigenvalue weighted by Crippen LogP contribution is -2.03. The molecule has 0 spiro atoms. The van der Waals surface area contributed by atoms with Crippen LogP contribution in [0.2, 0.25) is 0 Å². The minimum absolute atomic E-state index is 0.0658. The van der Waals surface area contributed by atoms with Gasteiger partial charge in [-0.05, 0) is 19.4 Å². The number of carboxylic acid groups (broad SMARTS) is 1. The summed E-state index contributed by atoms with van der Waals surface area (Å²) in [6, 6.07) is 1.47. The Kier molecular flexibility index (Phi) is 3.88. The molecule has 14 heavy (non-hydrogen) atoms. The molecular formula is C9H12N2O2S. The van der Waals surface area contributed by atoms with Crippen LogP contribution in [0.3, 0.4) is 0 Å². The van der Waals surface area contributed by atoms with Gasteiger partial charge in [0.1, 0.15) is 0 Å². The summed E-state index contributed by atoms with van der Waals surface area (Å²) in [6.45, 7) is 3.82. The van der Waals surface area contributed by atoms with E-state index in [4.69, 9.17) is 5.11 Å². The first-order chi connectivity index (χ1) is 6.63. The van der Waals surface area contributed by atoms with Gasteiger partial charge in [0.25, 0.3) is 0 Å². The smallest absolute Gasteiger partial charge is 0.354 e. The summed E-state index contributed by atoms with van der Waals surface area (Å²) in [5.41, 5.74) is 0.757. The second kappa shape index (κ2) is 4.95. The lowest BCUT2D eigenvalue weighted by molar-refractivity contribution is 0.0689. The zero-order valence-corrected chi connectivity index (χ0v) is 8.97. The number of aromatic carboxylic acids is 1. The lowest BCUT2D eigenvalue weighted by Gasteiger charge is -2.01. The number of aromatic nitrogens is 2. The average Bonchev–Trinajstić information content (AvgIpc) is 2.14. The fourth-order valence-corrected chi connectivity index (χ4v) is 1.67. The topological polar surface area (TPSA) is 63.1 Å². The number of hydrogen-bond donors (Lipinski definition) is 1. The Bertz CT molecular complexity index is 342. The Morgan fingerprint density at radius 2 is 2.29 bits per heavy atom. The highest BCUT2D eigenvalue weighted by Gasteiger charge is 2.08. The predicted octanol–water partition coefficient (Wildman–Crippen LogP) is 1.99. The molecule has 0 saturated heterocycles. The zero-order valence-electron chi connectivity index (χ0n) is 8.15. The fourth-order valence-electron chi connectivity index (χ4n) is 0.909. The lowest BCUT2D eigenvalue weighted by atomic mass is 10.3. The van der Waals surface area contributed by atoms with Crippen LogP contribution in [0.4, 0.5) is 0 Å². The van der Waals surface area contributed by atoms with E-state index in [0.29, 0.717) is 10.9 Å². The Morgan fingerprint density at radius 1 is 1.57 bits per heavy atom. The van der Waals surface area contributed by atoms with Crippen LogP contribution in [0.25, 0.3) is 0 Å². The van der Waals surface area contributed by atoms with Gasteiger partial charge in [0.15, 0.2) is 10.9 Å². The van der Waals surface area contributed by atoms with Crippen molar-refractivity contribution in [1.29, 1.82) is 0 Å². The van der Waals surface area contributed by atoms with E-state index < -0.39 is 5.97 Å². The SMILES string of the molecule is CCCSc1nc(C)cc(C(=O)O)n1. The van der Waals surface area contributed by atoms with Crippen molar-refractivity contribution in [3.05, 3.63) is 17.5 Å². The monoisotopic (exact) mass is 212 g/mol. The van der Waals surface area contributed by atoms with E-state index in [-0.39, 0.29) is 5.69 Å². The zero-order chi connectivity index (χ0) is 10.6. The number of hydrogen-bond acceptors (Lipinski definition) is 4. The van der Waals surface area contributed by atoms with Gasteiger partial charge in [-0.3, -0.25) is 0 Å². The second-order valence-electron chi connectivity index (χ2n) is 2.83. The van der Waals surface area contributed by atoms with Crippen LogP contribution in [-0.4, -0.2) is 26.8 Å². The molecule has 0 fully saturated rings. The number of rotatable bonds is 4. The van der Waals surface area contributed by atoms with Crippen molar-refractivity contribution in [2.24, 2.45) is 0 Å². The maximum absolute atomic E-state index is 10.7. The highest BCUT2D eigenvalue weighted by molar-refractivity contribution is 7.99. The van der Waals surface area contributed by atoms with E-state index in [9.17, 15) is 4.79 Å². The number of carboxylic acids is 1. The highest BCUT2D eigenvalue weighted by atomic mass is 32.2. The predicted molar refractivity (Wildman–Crippen MR) is 54.7 cm³/mol. The van der Waals surface area contributed by atoms with Crippen molar-refractivity contribution < 1.29 is 9.90 Å². The Morgan fingerprint density at radius 3 is 2.86 bits per heavy atom. The summed E-state index contributed by atoms with van der Waals surface area (Å²) in [5.74, 6) is -0.100. The van der Waals surface area contributed by atoms with E-state index in [1.165, 1.54) is 17.8 Å². The molecular weight excluding hydrogens is 200 g/mol. The van der Waals surface area contributed by atoms with Gasteiger partial charge in [0.2, 0.25) is 0 Å². The quantitative estimate of drug-likeness (QED) is 0.610. The average molecular weight is 212 g/mol. The van der Waals surface area contributed by atoms with E-state index >= 15 is 0 Å². The Balaban J connectivity index is 2.89. The molecule has 0 atom stereocenters. The molecule has 0 unspecified atom stereocenters. The van der Waals surface area contributed by atoms with Crippen LogP contribution in [0.5, 0.6) is 0 Å². The van der Waals surface area contributed by atoms with E-state index in [1.807, 2.05) is 0 Å². The first-order valence-electron chi connectivity index (χ1n) is 4.35. The van der Waals surface area contributed by atoms with Crippen LogP contribution in [-0.2, 0) is 0 Å². The standard InChI is InChI=1S/C9H12N2O2S/c1-3-4-14-9-10-6(2)5-7(11-9)8(12)13/h5H,3-4H2,1-2H3,(H,12,13). The summed E-state index contributed by atoms with van der Waals surface area (Å²) in [4.78, 5) is 18.7. The van der Waals surface area contributed by atoms with Gasteiger partial charge in [0.05, 0.1) is 0 Å². The highest BCUT2D eigenvalue weighted by Crippen LogP contribution is 2.14. The van der Waals surface area contributed by atoms with Crippen LogP contribution in [0.15, 0.2) is 11.2 Å². The van der Waals surface area contributed by atoms with Gasteiger partial charge in [0, 0.05) is 11.4 Å². The van der Waals surface area contributed by atoms with Gasteiger partial charge >= 0.3 is 5.97 Å². The van der Waals surface area contributed by atoms with Crippen molar-refractivity contribution in [3.8, 4) is 0 Å². The molecule has 1 N–H and O–H groups in total. The van der Waals surface area contributed by atoms with E-state index in [1.54, 1.807) is 6.92 Å². The summed E-state index contributed by atoms with van der Waals surface area (Å²) in [5, 5.41) is 9.31. The molecule has 1 heterocycles. The molecule has 0 bridgehead atoms. The Labute approximate surface area is 86.8 Å². The number of thioether (sulfide) groups is 1. The van der Waals surface area contributed by atoms with Gasteiger partial charge in [-0.15, -0.1) is 0 Å². The van der Waals surface area contributed by atoms with Crippen molar-refractivity contribution in [2.75, 3.05) is 5.75 Å². The molecule has 1 rings (SSSR count). The van der Waals surface area contributed by atoms with Crippen LogP contribution >= 0.6 is 11.8 Å². The Hall–Kier alpha value is -1.10. The largest absolute Gasteiger partial charge is 0.477 e. The number of nitrogens with zero attached hydrogens (tertiary/aromatic N) is 2. The number of aryl methyl sites for hydroxylation is 1. The first kappa shape index (κ1) is 11.0. The second-order valence-corrected chi connectivity index (χ2v) is 3.89. The maximum atomic E-state index is 10.7. The van der Waals surface area contributed by atoms with Crippen LogP contribution in [0, 0.1) is 6.92 Å². The minimum atomic E-state index is -1.01. The summed E-state index contributed by atoms with van der Waals surface area (Å²) in [7, 11) is 0. The van der Waals surface area contributed by atoms with E-state index in [2.05, 4.69) is 16.9 Å². The third kappa shape index (κ3) is 2.99. The molecule has 4 nitrogen and oxygen atoms in total. The van der Waals surface area contributed by atoms with Gasteiger partial charge in [-0.25, -0.2) is 14.8 Å². The van der Waals surface area contributed by atoms with Gasteiger partial charge in [-0.2, -0.15) is 0 Å². The molecule has 76 valence electrons. The molecule has 0 aromatic carbocycles. The van der Waals surface area contributed by atoms with Crippen LogP contribution in [0.1, 0.15) is 29.5 Å². The molecule has 0 aliphatic carbocycles. The van der Waals surface area contributed by atoms with Crippen molar-refractivity contribution in [1.82, 2.24) is 9.97 Å². The minimum Gasteiger partial charge on any atom is -0.477 e. The fraction of sp³-hybridized carbons (Fsp3) is 0.444. The van der Waals surface area contributed by atoms with Gasteiger partial charge in [-0.1, -0.05) is 18.7 Å². The van der Waals surface area contributed by atoms with Crippen LogP contribution < -0.4 is 0 Å². The molecule has 0 amide bonds. The van der Waals surface area contributed by atoms with Gasteiger partial charge < -0.3 is 5.11 Å². The van der Waals surface area contributed by atoms with Crippen molar-refractivity contribution >= 4 is 17.7 Å². The summed E-state index contributed by atoms with van der Waals surface area (Å²) in [6.07, 6.45) is 1.02. The summed E-state index contributed by atoms with van der Waals surface area (Å²) >= 11 is 1.48. The maximum Gasteiger partial charge on any atom is 0.354 e. The molecule has 0 aliphatic rings. The molecule has 0 saturated carbocycles. The van der Waals surface area contributed by atoms with Crippen molar-refractivity contribution in [2.45, 2.75) is 25.4 Å². The molecule has 0 aliphatic heterocycles. The van der Waals surface area contributed by atoms with Crippen molar-refractivity contribution in [3.63, 3.8) is 0 Å². The third-order valence-electron chi connectivity index (χ3n) is 1.49. The molecule has 0 radical (unpaired) electrons. The molecule has 5 heteroatoms. The number of carbonyl (C=O) groups is 1. The normalized spacial score (nSPS) is 10.1. The first-order valence-corrected chi connectivity index (χ1v) is 5.34. The molecule has 1 aromatic heterocycles. The third-order valence-corrected chi connectivity index (χ3v) is 2.54. The summed E-state index contributed by atoms with van der Waals surface area (Å²) < 4.78 is 0. The molecule has 1 aromatic rings. The van der Waals surface area contributed by atoms with E-state index in [0.717, 1.165) is 12.2 Å².